The molecule has 0 spiro atoms. The molecule has 0 aliphatic heterocycles. The Hall–Kier alpha value is -3.88. The normalized spacial score (nSPS) is 12.3. The first kappa shape index (κ1) is 29.4. The molecule has 0 bridgehead atoms. The van der Waals surface area contributed by atoms with Gasteiger partial charge in [-0.3, -0.25) is 14.4 Å². The Kier molecular flexibility index (Phi) is 11.6. The summed E-state index contributed by atoms with van der Waals surface area (Å²) in [6.45, 7) is 6.09. The summed E-state index contributed by atoms with van der Waals surface area (Å²) in [6.07, 6.45) is 0.617. The molecule has 4 N–H and O–H groups in total. The highest BCUT2D eigenvalue weighted by molar-refractivity contribution is 6.38. The second-order valence-corrected chi connectivity index (χ2v) is 9.58. The molecule has 2 atom stereocenters. The summed E-state index contributed by atoms with van der Waals surface area (Å²) >= 11 is 0. The van der Waals surface area contributed by atoms with Crippen LogP contribution in [0.4, 0.5) is 10.5 Å². The second kappa shape index (κ2) is 14.6. The monoisotopic (exact) mass is 509 g/mol. The zero-order valence-corrected chi connectivity index (χ0v) is 22.3. The van der Waals surface area contributed by atoms with E-state index in [1.807, 2.05) is 87.4 Å². The predicted octanol–water partition coefficient (Wildman–Crippen LogP) is 2.75. The third-order valence-electron chi connectivity index (χ3n) is 5.77. The molecule has 37 heavy (non-hydrogen) atoms. The van der Waals surface area contributed by atoms with Gasteiger partial charge in [0.1, 0.15) is 6.04 Å². The number of nitrogens with zero attached hydrogens (tertiary/aromatic N) is 1. The molecule has 2 rings (SSSR count). The van der Waals surface area contributed by atoms with Crippen molar-refractivity contribution in [3.63, 3.8) is 0 Å². The van der Waals surface area contributed by atoms with E-state index in [2.05, 4.69) is 21.3 Å². The molecule has 0 radical (unpaired) electrons. The van der Waals surface area contributed by atoms with Gasteiger partial charge in [-0.25, -0.2) is 4.79 Å². The van der Waals surface area contributed by atoms with E-state index in [1.54, 1.807) is 6.92 Å². The van der Waals surface area contributed by atoms with Crippen molar-refractivity contribution in [1.29, 1.82) is 0 Å². The van der Waals surface area contributed by atoms with Crippen molar-refractivity contribution < 1.29 is 19.2 Å². The number of nitrogens with one attached hydrogen (secondary N) is 4. The Labute approximate surface area is 219 Å². The molecule has 0 aliphatic rings. The minimum Gasteiger partial charge on any atom is -0.378 e. The van der Waals surface area contributed by atoms with E-state index in [0.717, 1.165) is 16.8 Å². The van der Waals surface area contributed by atoms with Crippen LogP contribution in [0.2, 0.25) is 0 Å². The van der Waals surface area contributed by atoms with Crippen molar-refractivity contribution in [2.75, 3.05) is 19.0 Å². The molecule has 2 aromatic carbocycles. The van der Waals surface area contributed by atoms with Crippen molar-refractivity contribution in [3.05, 3.63) is 65.7 Å². The van der Waals surface area contributed by atoms with Crippen LogP contribution in [0.15, 0.2) is 54.6 Å². The number of benzene rings is 2. The number of carbonyl (C=O) groups is 4. The lowest BCUT2D eigenvalue weighted by Gasteiger charge is -2.23. The maximum absolute atomic E-state index is 13.0. The van der Waals surface area contributed by atoms with Crippen LogP contribution in [0.1, 0.15) is 44.7 Å². The Morgan fingerprint density at radius 1 is 0.811 bits per heavy atom. The summed E-state index contributed by atoms with van der Waals surface area (Å²) in [7, 11) is 3.84. The SMILES string of the molecule is CCC(NC(=O)C(CC(C)C)NC(=O)NCc1ccccc1)C(=O)C(=O)NCc1cccc(N(C)C)c1. The topological polar surface area (TPSA) is 120 Å². The first-order valence-corrected chi connectivity index (χ1v) is 12.6. The summed E-state index contributed by atoms with van der Waals surface area (Å²) in [4.78, 5) is 52.8. The lowest BCUT2D eigenvalue weighted by Crippen LogP contribution is -2.55. The summed E-state index contributed by atoms with van der Waals surface area (Å²) in [6, 6.07) is 14.7. The van der Waals surface area contributed by atoms with E-state index < -0.39 is 35.7 Å². The molecule has 2 aromatic rings. The second-order valence-electron chi connectivity index (χ2n) is 9.58. The lowest BCUT2D eigenvalue weighted by atomic mass is 10.0. The number of Topliss-reactive ketones (excluding diaryl/α,β-unsaturated/α-hetero) is 1. The van der Waals surface area contributed by atoms with E-state index in [0.29, 0.717) is 13.0 Å². The minimum absolute atomic E-state index is 0.113. The number of hydrogen-bond acceptors (Lipinski definition) is 5. The summed E-state index contributed by atoms with van der Waals surface area (Å²) in [5.74, 6) is -1.88. The average Bonchev–Trinajstić information content (AvgIpc) is 2.88. The Morgan fingerprint density at radius 2 is 1.46 bits per heavy atom. The molecule has 2 unspecified atom stereocenters. The highest BCUT2D eigenvalue weighted by Crippen LogP contribution is 2.13. The standard InChI is InChI=1S/C28H39N5O4/c1-6-23(25(34)27(36)29-18-21-13-10-14-22(16-21)33(4)5)31-26(35)24(15-19(2)3)32-28(37)30-17-20-11-8-7-9-12-20/h7-14,16,19,23-24H,6,15,17-18H2,1-5H3,(H,29,36)(H,31,35)(H2,30,32,37). The van der Waals surface area contributed by atoms with Crippen molar-refractivity contribution in [2.24, 2.45) is 5.92 Å². The first-order chi connectivity index (χ1) is 17.6. The van der Waals surface area contributed by atoms with Gasteiger partial charge in [-0.15, -0.1) is 0 Å². The largest absolute Gasteiger partial charge is 0.378 e. The van der Waals surface area contributed by atoms with Crippen molar-refractivity contribution in [1.82, 2.24) is 21.3 Å². The third kappa shape index (κ3) is 9.95. The van der Waals surface area contributed by atoms with Crippen LogP contribution in [0.3, 0.4) is 0 Å². The quantitative estimate of drug-likeness (QED) is 0.310. The maximum atomic E-state index is 13.0. The molecule has 4 amide bonds. The number of rotatable bonds is 13. The van der Waals surface area contributed by atoms with Crippen LogP contribution in [-0.4, -0.2) is 49.8 Å². The molecular weight excluding hydrogens is 470 g/mol. The Morgan fingerprint density at radius 3 is 2.08 bits per heavy atom. The highest BCUT2D eigenvalue weighted by Gasteiger charge is 2.29. The molecular formula is C28H39N5O4. The maximum Gasteiger partial charge on any atom is 0.315 e. The van der Waals surface area contributed by atoms with E-state index in [9.17, 15) is 19.2 Å². The van der Waals surface area contributed by atoms with E-state index in [1.165, 1.54) is 0 Å². The van der Waals surface area contributed by atoms with Crippen LogP contribution < -0.4 is 26.2 Å². The van der Waals surface area contributed by atoms with Gasteiger partial charge < -0.3 is 26.2 Å². The molecule has 9 heteroatoms. The Balaban J connectivity index is 1.95. The molecule has 0 heterocycles. The van der Waals surface area contributed by atoms with Gasteiger partial charge in [0.15, 0.2) is 0 Å². The molecule has 9 nitrogen and oxygen atoms in total. The summed E-state index contributed by atoms with van der Waals surface area (Å²) < 4.78 is 0. The van der Waals surface area contributed by atoms with E-state index >= 15 is 0 Å². The van der Waals surface area contributed by atoms with Gasteiger partial charge in [0.2, 0.25) is 11.7 Å². The number of ketones is 1. The van der Waals surface area contributed by atoms with Crippen molar-refractivity contribution in [3.8, 4) is 0 Å². The zero-order valence-electron chi connectivity index (χ0n) is 22.3. The molecule has 0 aliphatic carbocycles. The van der Waals surface area contributed by atoms with Crippen LogP contribution in [0, 0.1) is 5.92 Å². The third-order valence-corrected chi connectivity index (χ3v) is 5.77. The van der Waals surface area contributed by atoms with Crippen LogP contribution >= 0.6 is 0 Å². The number of carbonyl (C=O) groups excluding carboxylic acids is 4. The number of urea groups is 1. The zero-order chi connectivity index (χ0) is 27.4. The van der Waals surface area contributed by atoms with Crippen LogP contribution in [0.25, 0.3) is 0 Å². The smallest absolute Gasteiger partial charge is 0.315 e. The predicted molar refractivity (Wildman–Crippen MR) is 145 cm³/mol. The summed E-state index contributed by atoms with van der Waals surface area (Å²) in [5, 5.41) is 10.7. The minimum atomic E-state index is -0.996. The summed E-state index contributed by atoms with van der Waals surface area (Å²) in [5.41, 5.74) is 2.76. The number of amides is 4. The fourth-order valence-corrected chi connectivity index (χ4v) is 3.69. The van der Waals surface area contributed by atoms with Gasteiger partial charge in [0.25, 0.3) is 5.91 Å². The number of anilines is 1. The number of hydrogen-bond donors (Lipinski definition) is 4. The molecule has 0 saturated heterocycles. The van der Waals surface area contributed by atoms with Gasteiger partial charge in [-0.05, 0) is 42.0 Å². The Bertz CT molecular complexity index is 1060. The van der Waals surface area contributed by atoms with Crippen LogP contribution in [-0.2, 0) is 27.5 Å². The van der Waals surface area contributed by atoms with Gasteiger partial charge in [-0.2, -0.15) is 0 Å². The molecule has 200 valence electrons. The van der Waals surface area contributed by atoms with Gasteiger partial charge in [0.05, 0.1) is 6.04 Å². The van der Waals surface area contributed by atoms with Crippen LogP contribution in [0.5, 0.6) is 0 Å². The molecule has 0 aromatic heterocycles. The average molecular weight is 510 g/mol. The molecule has 0 saturated carbocycles. The highest BCUT2D eigenvalue weighted by atomic mass is 16.2. The van der Waals surface area contributed by atoms with Gasteiger partial charge in [-0.1, -0.05) is 63.2 Å². The molecule has 0 fully saturated rings. The van der Waals surface area contributed by atoms with E-state index in [4.69, 9.17) is 0 Å². The van der Waals surface area contributed by atoms with Gasteiger partial charge >= 0.3 is 6.03 Å². The van der Waals surface area contributed by atoms with Gasteiger partial charge in [0, 0.05) is 32.9 Å². The first-order valence-electron chi connectivity index (χ1n) is 12.6. The fraction of sp³-hybridized carbons (Fsp3) is 0.429. The van der Waals surface area contributed by atoms with E-state index in [-0.39, 0.29) is 18.9 Å². The van der Waals surface area contributed by atoms with Crippen molar-refractivity contribution >= 4 is 29.3 Å². The lowest BCUT2D eigenvalue weighted by molar-refractivity contribution is -0.140. The van der Waals surface area contributed by atoms with Crippen molar-refractivity contribution in [2.45, 2.75) is 58.8 Å². The fourth-order valence-electron chi connectivity index (χ4n) is 3.69.